The summed E-state index contributed by atoms with van der Waals surface area (Å²) < 4.78 is 0. The Balaban J connectivity index is 4.24. The van der Waals surface area contributed by atoms with Crippen molar-refractivity contribution < 1.29 is 9.90 Å². The second-order valence-electron chi connectivity index (χ2n) is 4.66. The van der Waals surface area contributed by atoms with Gasteiger partial charge in [-0.2, -0.15) is 0 Å². The van der Waals surface area contributed by atoms with Crippen LogP contribution in [0.1, 0.15) is 47.0 Å². The zero-order chi connectivity index (χ0) is 11.2. The van der Waals surface area contributed by atoms with E-state index in [-0.39, 0.29) is 12.0 Å². The molecule has 0 aliphatic heterocycles. The minimum Gasteiger partial charge on any atom is -0.481 e. The minimum absolute atomic E-state index is 0.200. The topological polar surface area (TPSA) is 49.3 Å². The maximum absolute atomic E-state index is 10.7. The van der Waals surface area contributed by atoms with Gasteiger partial charge in [0.2, 0.25) is 0 Å². The van der Waals surface area contributed by atoms with Gasteiger partial charge in [-0.15, -0.1) is 0 Å². The SMILES string of the molecule is CCCNC(C)(CC(=O)O)CC(C)C. The molecule has 0 saturated heterocycles. The Hall–Kier alpha value is -0.570. The van der Waals surface area contributed by atoms with E-state index in [1.165, 1.54) is 0 Å². The lowest BCUT2D eigenvalue weighted by Gasteiger charge is -2.31. The smallest absolute Gasteiger partial charge is 0.305 e. The molecule has 0 fully saturated rings. The fraction of sp³-hybridized carbons (Fsp3) is 0.909. The Morgan fingerprint density at radius 3 is 2.43 bits per heavy atom. The van der Waals surface area contributed by atoms with Crippen molar-refractivity contribution in [3.8, 4) is 0 Å². The third kappa shape index (κ3) is 5.97. The van der Waals surface area contributed by atoms with E-state index in [4.69, 9.17) is 5.11 Å². The van der Waals surface area contributed by atoms with Crippen molar-refractivity contribution in [3.63, 3.8) is 0 Å². The number of carboxylic acid groups (broad SMARTS) is 1. The van der Waals surface area contributed by atoms with Gasteiger partial charge in [0, 0.05) is 5.54 Å². The molecule has 0 amide bonds. The summed E-state index contributed by atoms with van der Waals surface area (Å²) >= 11 is 0. The van der Waals surface area contributed by atoms with Gasteiger partial charge in [0.1, 0.15) is 0 Å². The van der Waals surface area contributed by atoms with E-state index in [0.29, 0.717) is 5.92 Å². The van der Waals surface area contributed by atoms with Gasteiger partial charge in [0.05, 0.1) is 6.42 Å². The lowest BCUT2D eigenvalue weighted by molar-refractivity contribution is -0.138. The Labute approximate surface area is 86.9 Å². The maximum Gasteiger partial charge on any atom is 0.305 e. The first-order valence-corrected chi connectivity index (χ1v) is 5.36. The molecule has 0 aromatic carbocycles. The predicted octanol–water partition coefficient (Wildman–Crippen LogP) is 2.27. The van der Waals surface area contributed by atoms with Gasteiger partial charge in [0.15, 0.2) is 0 Å². The molecule has 0 spiro atoms. The van der Waals surface area contributed by atoms with Gasteiger partial charge in [-0.25, -0.2) is 0 Å². The Morgan fingerprint density at radius 2 is 2.07 bits per heavy atom. The molecular weight excluding hydrogens is 178 g/mol. The largest absolute Gasteiger partial charge is 0.481 e. The summed E-state index contributed by atoms with van der Waals surface area (Å²) in [5.74, 6) is -0.208. The van der Waals surface area contributed by atoms with E-state index in [1.807, 2.05) is 6.92 Å². The van der Waals surface area contributed by atoms with Crippen molar-refractivity contribution >= 4 is 5.97 Å². The third-order valence-electron chi connectivity index (χ3n) is 2.20. The summed E-state index contributed by atoms with van der Waals surface area (Å²) in [6.45, 7) is 9.21. The van der Waals surface area contributed by atoms with Crippen molar-refractivity contribution in [2.75, 3.05) is 6.54 Å². The normalized spacial score (nSPS) is 15.5. The molecule has 0 bridgehead atoms. The molecule has 3 nitrogen and oxygen atoms in total. The van der Waals surface area contributed by atoms with Crippen molar-refractivity contribution in [2.24, 2.45) is 5.92 Å². The summed E-state index contributed by atoms with van der Waals surface area (Å²) in [5, 5.41) is 12.1. The highest BCUT2D eigenvalue weighted by Crippen LogP contribution is 2.20. The van der Waals surface area contributed by atoms with Crippen molar-refractivity contribution in [3.05, 3.63) is 0 Å². The molecule has 3 heteroatoms. The van der Waals surface area contributed by atoms with Crippen LogP contribution in [0.2, 0.25) is 0 Å². The molecule has 0 rings (SSSR count). The molecule has 1 unspecified atom stereocenters. The van der Waals surface area contributed by atoms with Crippen LogP contribution in [0.5, 0.6) is 0 Å². The van der Waals surface area contributed by atoms with Gasteiger partial charge < -0.3 is 10.4 Å². The molecule has 0 aliphatic rings. The summed E-state index contributed by atoms with van der Waals surface area (Å²) in [4.78, 5) is 10.7. The molecule has 0 aromatic heterocycles. The molecule has 14 heavy (non-hydrogen) atoms. The van der Waals surface area contributed by atoms with Gasteiger partial charge in [-0.05, 0) is 32.2 Å². The van der Waals surface area contributed by atoms with E-state index in [0.717, 1.165) is 19.4 Å². The fourth-order valence-electron chi connectivity index (χ4n) is 1.87. The zero-order valence-corrected chi connectivity index (χ0v) is 9.76. The molecule has 0 saturated carbocycles. The maximum atomic E-state index is 10.7. The highest BCUT2D eigenvalue weighted by atomic mass is 16.4. The lowest BCUT2D eigenvalue weighted by Crippen LogP contribution is -2.45. The standard InChI is InChI=1S/C11H23NO2/c1-5-6-12-11(4,7-9(2)3)8-10(13)14/h9,12H,5-8H2,1-4H3,(H,13,14). The van der Waals surface area contributed by atoms with Crippen molar-refractivity contribution in [2.45, 2.75) is 52.5 Å². The molecule has 84 valence electrons. The summed E-state index contributed by atoms with van der Waals surface area (Å²) in [7, 11) is 0. The second-order valence-corrected chi connectivity index (χ2v) is 4.66. The summed E-state index contributed by atoms with van der Waals surface area (Å²) in [6.07, 6.45) is 2.14. The monoisotopic (exact) mass is 201 g/mol. The third-order valence-corrected chi connectivity index (χ3v) is 2.20. The zero-order valence-electron chi connectivity index (χ0n) is 9.76. The first-order chi connectivity index (χ1) is 6.39. The fourth-order valence-corrected chi connectivity index (χ4v) is 1.87. The number of carbonyl (C=O) groups is 1. The molecule has 0 aromatic rings. The van der Waals surface area contributed by atoms with Crippen LogP contribution in [-0.4, -0.2) is 23.2 Å². The quantitative estimate of drug-likeness (QED) is 0.664. The highest BCUT2D eigenvalue weighted by Gasteiger charge is 2.27. The van der Waals surface area contributed by atoms with E-state index in [2.05, 4.69) is 26.1 Å². The van der Waals surface area contributed by atoms with Crippen LogP contribution in [0.15, 0.2) is 0 Å². The Kier molecular flexibility index (Phi) is 5.77. The molecule has 0 heterocycles. The van der Waals surface area contributed by atoms with E-state index in [9.17, 15) is 4.79 Å². The van der Waals surface area contributed by atoms with Crippen molar-refractivity contribution in [1.82, 2.24) is 5.32 Å². The molecule has 1 atom stereocenters. The van der Waals surface area contributed by atoms with Crippen LogP contribution >= 0.6 is 0 Å². The number of aliphatic carboxylic acids is 1. The number of nitrogens with one attached hydrogen (secondary N) is 1. The molecule has 0 aliphatic carbocycles. The average molecular weight is 201 g/mol. The van der Waals surface area contributed by atoms with Crippen LogP contribution < -0.4 is 5.32 Å². The Morgan fingerprint density at radius 1 is 1.50 bits per heavy atom. The average Bonchev–Trinajstić information content (AvgIpc) is 1.97. The van der Waals surface area contributed by atoms with E-state index >= 15 is 0 Å². The van der Waals surface area contributed by atoms with Crippen LogP contribution in [0, 0.1) is 5.92 Å². The second kappa shape index (κ2) is 6.02. The van der Waals surface area contributed by atoms with E-state index < -0.39 is 5.97 Å². The van der Waals surface area contributed by atoms with Gasteiger partial charge in [-0.3, -0.25) is 4.79 Å². The predicted molar refractivity (Wildman–Crippen MR) is 58.4 cm³/mol. The highest BCUT2D eigenvalue weighted by molar-refractivity contribution is 5.68. The molecular formula is C11H23NO2. The minimum atomic E-state index is -0.725. The molecule has 0 radical (unpaired) electrons. The summed E-state index contributed by atoms with van der Waals surface area (Å²) in [6, 6.07) is 0. The van der Waals surface area contributed by atoms with E-state index in [1.54, 1.807) is 0 Å². The van der Waals surface area contributed by atoms with Crippen LogP contribution in [0.4, 0.5) is 0 Å². The Bertz CT molecular complexity index is 180. The summed E-state index contributed by atoms with van der Waals surface area (Å²) in [5.41, 5.74) is -0.254. The lowest BCUT2D eigenvalue weighted by atomic mass is 9.87. The number of carboxylic acids is 1. The van der Waals surface area contributed by atoms with Crippen molar-refractivity contribution in [1.29, 1.82) is 0 Å². The van der Waals surface area contributed by atoms with Gasteiger partial charge in [0.25, 0.3) is 0 Å². The van der Waals surface area contributed by atoms with Crippen LogP contribution in [0.25, 0.3) is 0 Å². The number of hydrogen-bond acceptors (Lipinski definition) is 2. The van der Waals surface area contributed by atoms with Crippen LogP contribution in [-0.2, 0) is 4.79 Å². The van der Waals surface area contributed by atoms with Crippen LogP contribution in [0.3, 0.4) is 0 Å². The first-order valence-electron chi connectivity index (χ1n) is 5.36. The number of rotatable bonds is 7. The molecule has 2 N–H and O–H groups in total. The van der Waals surface area contributed by atoms with Gasteiger partial charge in [-0.1, -0.05) is 20.8 Å². The number of hydrogen-bond donors (Lipinski definition) is 2. The first kappa shape index (κ1) is 13.4. The van der Waals surface area contributed by atoms with Gasteiger partial charge >= 0.3 is 5.97 Å².